The number of nitrogens with one attached hydrogen (secondary N) is 1. The van der Waals surface area contributed by atoms with Gasteiger partial charge in [0.15, 0.2) is 0 Å². The molecule has 0 radical (unpaired) electrons. The summed E-state index contributed by atoms with van der Waals surface area (Å²) in [5.41, 5.74) is 2.06. The number of benzene rings is 2. The number of carbonyl (C=O) groups excluding carboxylic acids is 1. The minimum Gasteiger partial charge on any atom is -0.351 e. The summed E-state index contributed by atoms with van der Waals surface area (Å²) >= 11 is 0. The fraction of sp³-hybridized carbons (Fsp3) is 0.333. The van der Waals surface area contributed by atoms with Crippen LogP contribution in [0.3, 0.4) is 0 Å². The van der Waals surface area contributed by atoms with Crippen LogP contribution in [0.15, 0.2) is 59.8 Å². The molecule has 1 aromatic heterocycles. The number of aryl methyl sites for hydroxylation is 2. The molecule has 34 heavy (non-hydrogen) atoms. The second kappa shape index (κ2) is 10.0. The van der Waals surface area contributed by atoms with Gasteiger partial charge in [0, 0.05) is 45.1 Å². The fourth-order valence-electron chi connectivity index (χ4n) is 3.94. The number of amides is 1. The van der Waals surface area contributed by atoms with Crippen molar-refractivity contribution in [2.75, 3.05) is 32.7 Å². The van der Waals surface area contributed by atoms with Crippen molar-refractivity contribution >= 4 is 15.9 Å². The lowest BCUT2D eigenvalue weighted by molar-refractivity contribution is -0.122. The fourth-order valence-corrected chi connectivity index (χ4v) is 5.36. The van der Waals surface area contributed by atoms with Crippen LogP contribution in [-0.4, -0.2) is 65.8 Å². The highest BCUT2D eigenvalue weighted by Crippen LogP contribution is 2.19. The summed E-state index contributed by atoms with van der Waals surface area (Å²) in [5.74, 6) is 0.107. The van der Waals surface area contributed by atoms with E-state index in [1.807, 2.05) is 11.8 Å². The third-order valence-electron chi connectivity index (χ3n) is 5.94. The number of hydrogen-bond acceptors (Lipinski definition) is 5. The number of sulfonamides is 1. The minimum atomic E-state index is -3.54. The zero-order valence-electron chi connectivity index (χ0n) is 19.2. The van der Waals surface area contributed by atoms with Crippen molar-refractivity contribution in [3.8, 4) is 5.69 Å². The van der Waals surface area contributed by atoms with Crippen LogP contribution in [0.1, 0.15) is 17.0 Å². The van der Waals surface area contributed by atoms with Crippen LogP contribution in [0.4, 0.5) is 4.39 Å². The highest BCUT2D eigenvalue weighted by Gasteiger charge is 2.29. The Morgan fingerprint density at radius 2 is 1.76 bits per heavy atom. The lowest BCUT2D eigenvalue weighted by Gasteiger charge is -2.33. The van der Waals surface area contributed by atoms with Gasteiger partial charge >= 0.3 is 0 Å². The van der Waals surface area contributed by atoms with Gasteiger partial charge in [-0.1, -0.05) is 23.8 Å². The zero-order valence-corrected chi connectivity index (χ0v) is 20.1. The first-order chi connectivity index (χ1) is 16.2. The van der Waals surface area contributed by atoms with E-state index in [0.29, 0.717) is 43.3 Å². The average molecular weight is 486 g/mol. The molecule has 4 rings (SSSR count). The maximum absolute atomic E-state index is 14.5. The van der Waals surface area contributed by atoms with E-state index in [9.17, 15) is 17.6 Å². The van der Waals surface area contributed by atoms with Gasteiger partial charge in [0.05, 0.1) is 17.1 Å². The lowest BCUT2D eigenvalue weighted by atomic mass is 10.2. The molecule has 10 heteroatoms. The Balaban J connectivity index is 1.26. The van der Waals surface area contributed by atoms with Crippen LogP contribution in [0.2, 0.25) is 0 Å². The van der Waals surface area contributed by atoms with Gasteiger partial charge in [-0.05, 0) is 43.7 Å². The maximum atomic E-state index is 14.5. The highest BCUT2D eigenvalue weighted by atomic mass is 32.2. The Hall–Kier alpha value is -3.08. The van der Waals surface area contributed by atoms with Crippen LogP contribution in [0.25, 0.3) is 5.69 Å². The van der Waals surface area contributed by atoms with Crippen molar-refractivity contribution in [2.24, 2.45) is 0 Å². The normalized spacial score (nSPS) is 15.4. The molecule has 0 saturated carbocycles. The Labute approximate surface area is 199 Å². The third kappa shape index (κ3) is 5.35. The largest absolute Gasteiger partial charge is 0.351 e. The first-order valence-electron chi connectivity index (χ1n) is 11.1. The SMILES string of the molecule is Cc1ccc(S(=O)(=O)N2CCN(CC(=O)NCc3ccc(-n4ccnc4C)c(F)c3)CC2)cc1. The van der Waals surface area contributed by atoms with Crippen molar-refractivity contribution in [1.82, 2.24) is 24.1 Å². The molecule has 180 valence electrons. The first-order valence-corrected chi connectivity index (χ1v) is 12.5. The third-order valence-corrected chi connectivity index (χ3v) is 7.86. The van der Waals surface area contributed by atoms with Gasteiger partial charge in [-0.3, -0.25) is 9.69 Å². The number of halogens is 1. The van der Waals surface area contributed by atoms with Crippen LogP contribution in [0, 0.1) is 19.7 Å². The van der Waals surface area contributed by atoms with Crippen molar-refractivity contribution in [2.45, 2.75) is 25.3 Å². The first kappa shape index (κ1) is 24.1. The Kier molecular flexibility index (Phi) is 7.11. The van der Waals surface area contributed by atoms with E-state index < -0.39 is 15.8 Å². The molecule has 0 aliphatic carbocycles. The second-order valence-corrected chi connectivity index (χ2v) is 10.3. The van der Waals surface area contributed by atoms with Crippen LogP contribution in [0.5, 0.6) is 0 Å². The molecule has 1 N–H and O–H groups in total. The molecule has 1 fully saturated rings. The summed E-state index contributed by atoms with van der Waals surface area (Å²) in [6.45, 7) is 5.65. The smallest absolute Gasteiger partial charge is 0.243 e. The van der Waals surface area contributed by atoms with Gasteiger partial charge in [-0.25, -0.2) is 17.8 Å². The predicted octanol–water partition coefficient (Wildman–Crippen LogP) is 2.25. The number of rotatable bonds is 7. The Morgan fingerprint density at radius 3 is 2.38 bits per heavy atom. The van der Waals surface area contributed by atoms with Gasteiger partial charge in [-0.2, -0.15) is 4.31 Å². The van der Waals surface area contributed by atoms with E-state index in [1.165, 1.54) is 10.4 Å². The van der Waals surface area contributed by atoms with E-state index in [0.717, 1.165) is 5.56 Å². The van der Waals surface area contributed by atoms with Crippen LogP contribution in [-0.2, 0) is 21.4 Å². The minimum absolute atomic E-state index is 0.160. The molecule has 1 amide bonds. The van der Waals surface area contributed by atoms with Crippen molar-refractivity contribution in [1.29, 1.82) is 0 Å². The predicted molar refractivity (Wildman–Crippen MR) is 126 cm³/mol. The van der Waals surface area contributed by atoms with E-state index in [-0.39, 0.29) is 23.9 Å². The molecular weight excluding hydrogens is 457 g/mol. The van der Waals surface area contributed by atoms with Crippen molar-refractivity contribution in [3.05, 3.63) is 77.6 Å². The number of piperazine rings is 1. The Morgan fingerprint density at radius 1 is 1.06 bits per heavy atom. The summed E-state index contributed by atoms with van der Waals surface area (Å²) in [7, 11) is -3.54. The van der Waals surface area contributed by atoms with Crippen LogP contribution >= 0.6 is 0 Å². The molecule has 0 bridgehead atoms. The topological polar surface area (TPSA) is 87.5 Å². The van der Waals surface area contributed by atoms with Crippen molar-refractivity contribution < 1.29 is 17.6 Å². The summed E-state index contributed by atoms with van der Waals surface area (Å²) in [5, 5.41) is 2.81. The van der Waals surface area contributed by atoms with E-state index in [4.69, 9.17) is 0 Å². The summed E-state index contributed by atoms with van der Waals surface area (Å²) in [6, 6.07) is 11.7. The van der Waals surface area contributed by atoms with Crippen molar-refractivity contribution in [3.63, 3.8) is 0 Å². The monoisotopic (exact) mass is 485 g/mol. The molecule has 8 nitrogen and oxygen atoms in total. The van der Waals surface area contributed by atoms with E-state index in [1.54, 1.807) is 60.3 Å². The molecule has 0 unspecified atom stereocenters. The summed E-state index contributed by atoms with van der Waals surface area (Å²) < 4.78 is 43.3. The second-order valence-electron chi connectivity index (χ2n) is 8.40. The number of aromatic nitrogens is 2. The molecular formula is C24H28FN5O3S. The molecule has 3 aromatic rings. The summed E-state index contributed by atoms with van der Waals surface area (Å²) in [6.07, 6.45) is 3.31. The zero-order chi connectivity index (χ0) is 24.3. The average Bonchev–Trinajstić information content (AvgIpc) is 3.24. The summed E-state index contributed by atoms with van der Waals surface area (Å²) in [4.78, 5) is 18.7. The quantitative estimate of drug-likeness (QED) is 0.555. The maximum Gasteiger partial charge on any atom is 0.243 e. The number of nitrogens with zero attached hydrogens (tertiary/aromatic N) is 4. The molecule has 1 saturated heterocycles. The number of imidazole rings is 1. The van der Waals surface area contributed by atoms with Gasteiger partial charge < -0.3 is 9.88 Å². The molecule has 0 spiro atoms. The molecule has 2 aromatic carbocycles. The standard InChI is InChI=1S/C24H28FN5O3S/c1-18-3-6-21(7-4-18)34(32,33)29-13-11-28(12-14-29)17-24(31)27-16-20-5-8-23(22(25)15-20)30-10-9-26-19(30)2/h3-10,15H,11-14,16-17H2,1-2H3,(H,27,31). The Bertz CT molecular complexity index is 1270. The van der Waals surface area contributed by atoms with Crippen LogP contribution < -0.4 is 5.32 Å². The molecule has 1 aliphatic heterocycles. The number of carbonyl (C=O) groups is 1. The molecule has 2 heterocycles. The van der Waals surface area contributed by atoms with Gasteiger partial charge in [0.2, 0.25) is 15.9 Å². The van der Waals surface area contributed by atoms with E-state index in [2.05, 4.69) is 10.3 Å². The highest BCUT2D eigenvalue weighted by molar-refractivity contribution is 7.89. The molecule has 1 aliphatic rings. The van der Waals surface area contributed by atoms with Gasteiger partial charge in [-0.15, -0.1) is 0 Å². The van der Waals surface area contributed by atoms with E-state index >= 15 is 0 Å². The van der Waals surface area contributed by atoms with Gasteiger partial charge in [0.1, 0.15) is 11.6 Å². The number of hydrogen-bond donors (Lipinski definition) is 1. The molecule has 0 atom stereocenters. The van der Waals surface area contributed by atoms with Gasteiger partial charge in [0.25, 0.3) is 0 Å². The lowest BCUT2D eigenvalue weighted by Crippen LogP contribution is -2.50.